The predicted octanol–water partition coefficient (Wildman–Crippen LogP) is 2.67. The van der Waals surface area contributed by atoms with Crippen LogP contribution in [-0.4, -0.2) is 52.7 Å². The van der Waals surface area contributed by atoms with Gasteiger partial charge >= 0.3 is 11.9 Å². The number of allylic oxidation sites excluding steroid dienone is 1. The van der Waals surface area contributed by atoms with Crippen LogP contribution >= 0.6 is 0 Å². The van der Waals surface area contributed by atoms with Crippen LogP contribution in [0.5, 0.6) is 0 Å². The summed E-state index contributed by atoms with van der Waals surface area (Å²) in [7, 11) is 1.20. The lowest BCUT2D eigenvalue weighted by Gasteiger charge is -2.48. The van der Waals surface area contributed by atoms with Crippen LogP contribution in [0.4, 0.5) is 5.69 Å². The minimum absolute atomic E-state index is 0.0912. The van der Waals surface area contributed by atoms with Gasteiger partial charge < -0.3 is 14.2 Å². The highest BCUT2D eigenvalue weighted by atomic mass is 16.6. The van der Waals surface area contributed by atoms with Crippen molar-refractivity contribution in [2.24, 2.45) is 5.92 Å². The van der Waals surface area contributed by atoms with Gasteiger partial charge in [0, 0.05) is 23.7 Å². The fraction of sp³-hybridized carbons (Fsp3) is 0.500. The number of esters is 2. The van der Waals surface area contributed by atoms with Gasteiger partial charge in [-0.15, -0.1) is 0 Å². The zero-order valence-electron chi connectivity index (χ0n) is 18.8. The van der Waals surface area contributed by atoms with Gasteiger partial charge in [0.15, 0.2) is 5.72 Å². The molecule has 172 valence electrons. The van der Waals surface area contributed by atoms with Crippen molar-refractivity contribution in [1.29, 1.82) is 0 Å². The molecule has 0 N–H and O–H groups in total. The number of hydrogen-bond acceptors (Lipinski definition) is 8. The summed E-state index contributed by atoms with van der Waals surface area (Å²) in [4.78, 5) is 50.9. The van der Waals surface area contributed by atoms with E-state index in [2.05, 4.69) is 0 Å². The number of carbonyl (C=O) groups excluding carboxylic acids is 3. The highest BCUT2D eigenvalue weighted by Gasteiger charge is 2.61. The van der Waals surface area contributed by atoms with Gasteiger partial charge in [-0.2, -0.15) is 0 Å². The van der Waals surface area contributed by atoms with Gasteiger partial charge in [-0.25, -0.2) is 4.79 Å². The molecule has 2 aliphatic heterocycles. The van der Waals surface area contributed by atoms with Crippen molar-refractivity contribution in [1.82, 2.24) is 4.90 Å². The number of rotatable bonds is 4. The van der Waals surface area contributed by atoms with Gasteiger partial charge in [0.25, 0.3) is 11.6 Å². The molecule has 32 heavy (non-hydrogen) atoms. The van der Waals surface area contributed by atoms with E-state index in [1.165, 1.54) is 36.3 Å². The number of hydrogen-bond donors (Lipinski definition) is 0. The van der Waals surface area contributed by atoms with Gasteiger partial charge in [-0.1, -0.05) is 12.1 Å². The summed E-state index contributed by atoms with van der Waals surface area (Å²) < 4.78 is 16.5. The van der Waals surface area contributed by atoms with Gasteiger partial charge in [0.1, 0.15) is 18.1 Å². The molecule has 2 heterocycles. The Morgan fingerprint density at radius 3 is 2.34 bits per heavy atom. The summed E-state index contributed by atoms with van der Waals surface area (Å²) in [6.07, 6.45) is 0. The molecule has 10 heteroatoms. The Kier molecular flexibility index (Phi) is 5.86. The number of fused-ring (bicyclic) bond motifs is 1. The smallest absolute Gasteiger partial charge is 0.336 e. The Morgan fingerprint density at radius 2 is 1.84 bits per heavy atom. The van der Waals surface area contributed by atoms with Crippen molar-refractivity contribution in [2.45, 2.75) is 51.9 Å². The highest BCUT2D eigenvalue weighted by molar-refractivity contribution is 5.96. The molecular formula is C22H26N2O8. The zero-order chi connectivity index (χ0) is 24.0. The van der Waals surface area contributed by atoms with Crippen molar-refractivity contribution in [2.75, 3.05) is 13.7 Å². The molecule has 1 aromatic rings. The Morgan fingerprint density at radius 1 is 1.25 bits per heavy atom. The summed E-state index contributed by atoms with van der Waals surface area (Å²) in [6.45, 7) is 8.03. The van der Waals surface area contributed by atoms with Crippen molar-refractivity contribution in [3.63, 3.8) is 0 Å². The minimum atomic E-state index is -1.42. The standard InChI is InChI=1S/C22H26N2O8/c1-12-16(19(26)30-6)17(13-7-9-14(10-8-13)24(28)29)18(20(27)32-21(2,3)4)22(5)23(12)15(25)11-31-22/h7-10,17-18H,11H2,1-6H3/t17-,18-,22+/m1/s1. The molecule has 3 atom stereocenters. The quantitative estimate of drug-likeness (QED) is 0.393. The average molecular weight is 446 g/mol. The fourth-order valence-electron chi connectivity index (χ4n) is 4.42. The molecule has 1 aromatic carbocycles. The topological polar surface area (TPSA) is 125 Å². The molecular weight excluding hydrogens is 420 g/mol. The monoisotopic (exact) mass is 446 g/mol. The van der Waals surface area contributed by atoms with Crippen molar-refractivity contribution in [3.05, 3.63) is 51.2 Å². The van der Waals surface area contributed by atoms with Crippen molar-refractivity contribution in [3.8, 4) is 0 Å². The molecule has 1 saturated heterocycles. The molecule has 0 aromatic heterocycles. The third-order valence-electron chi connectivity index (χ3n) is 5.66. The number of carbonyl (C=O) groups is 3. The lowest BCUT2D eigenvalue weighted by Crippen LogP contribution is -2.58. The molecule has 2 aliphatic rings. The van der Waals surface area contributed by atoms with Crippen LogP contribution in [0.15, 0.2) is 35.5 Å². The summed E-state index contributed by atoms with van der Waals surface area (Å²) >= 11 is 0. The van der Waals surface area contributed by atoms with Crippen molar-refractivity contribution < 1.29 is 33.5 Å². The van der Waals surface area contributed by atoms with E-state index < -0.39 is 45.9 Å². The lowest BCUT2D eigenvalue weighted by atomic mass is 9.71. The number of nitro benzene ring substituents is 1. The average Bonchev–Trinajstić information content (AvgIpc) is 3.01. The maximum atomic E-state index is 13.5. The first-order valence-electron chi connectivity index (χ1n) is 10.0. The van der Waals surface area contributed by atoms with Crippen LogP contribution in [0.25, 0.3) is 0 Å². The number of nitrogens with zero attached hydrogens (tertiary/aromatic N) is 2. The molecule has 0 saturated carbocycles. The van der Waals surface area contributed by atoms with E-state index in [0.29, 0.717) is 11.3 Å². The molecule has 0 spiro atoms. The number of ether oxygens (including phenoxy) is 3. The molecule has 0 unspecified atom stereocenters. The first-order chi connectivity index (χ1) is 14.8. The molecule has 1 amide bonds. The number of methoxy groups -OCH3 is 1. The second-order valence-corrected chi connectivity index (χ2v) is 8.90. The van der Waals surface area contributed by atoms with E-state index in [9.17, 15) is 24.5 Å². The predicted molar refractivity (Wildman–Crippen MR) is 111 cm³/mol. The largest absolute Gasteiger partial charge is 0.466 e. The first kappa shape index (κ1) is 23.4. The van der Waals surface area contributed by atoms with E-state index in [0.717, 1.165) is 0 Å². The van der Waals surface area contributed by atoms with Crippen LogP contribution in [-0.2, 0) is 28.6 Å². The van der Waals surface area contributed by atoms with E-state index >= 15 is 0 Å². The Balaban J connectivity index is 2.28. The van der Waals surface area contributed by atoms with Crippen LogP contribution < -0.4 is 0 Å². The number of nitro groups is 1. The van der Waals surface area contributed by atoms with E-state index in [1.807, 2.05) is 0 Å². The van der Waals surface area contributed by atoms with Gasteiger partial charge in [0.2, 0.25) is 0 Å². The Bertz CT molecular complexity index is 1010. The minimum Gasteiger partial charge on any atom is -0.466 e. The van der Waals surface area contributed by atoms with E-state index in [4.69, 9.17) is 14.2 Å². The highest BCUT2D eigenvalue weighted by Crippen LogP contribution is 2.51. The second kappa shape index (κ2) is 8.01. The molecule has 0 radical (unpaired) electrons. The number of benzene rings is 1. The van der Waals surface area contributed by atoms with Crippen LogP contribution in [0, 0.1) is 16.0 Å². The Labute approximate surface area is 185 Å². The van der Waals surface area contributed by atoms with E-state index in [1.54, 1.807) is 34.6 Å². The lowest BCUT2D eigenvalue weighted by molar-refractivity contribution is -0.384. The summed E-state index contributed by atoms with van der Waals surface area (Å²) in [5, 5.41) is 11.1. The van der Waals surface area contributed by atoms with Gasteiger partial charge in [0.05, 0.1) is 17.6 Å². The summed E-state index contributed by atoms with van der Waals surface area (Å²) in [5.74, 6) is -3.85. The fourth-order valence-corrected chi connectivity index (χ4v) is 4.42. The van der Waals surface area contributed by atoms with Gasteiger partial charge in [-0.3, -0.25) is 24.6 Å². The van der Waals surface area contributed by atoms with Crippen molar-refractivity contribution >= 4 is 23.5 Å². The number of amides is 1. The first-order valence-corrected chi connectivity index (χ1v) is 10.0. The number of non-ortho nitro benzene ring substituents is 1. The third-order valence-corrected chi connectivity index (χ3v) is 5.66. The molecule has 1 fully saturated rings. The zero-order valence-corrected chi connectivity index (χ0v) is 18.8. The van der Waals surface area contributed by atoms with Crippen LogP contribution in [0.3, 0.4) is 0 Å². The van der Waals surface area contributed by atoms with Gasteiger partial charge in [-0.05, 0) is 40.2 Å². The third kappa shape index (κ3) is 3.86. The normalized spacial score (nSPS) is 25.4. The molecule has 3 rings (SSSR count). The second-order valence-electron chi connectivity index (χ2n) is 8.90. The summed E-state index contributed by atoms with van der Waals surface area (Å²) in [5.41, 5.74) is -1.57. The molecule has 10 nitrogen and oxygen atoms in total. The van der Waals surface area contributed by atoms with Crippen LogP contribution in [0.2, 0.25) is 0 Å². The maximum absolute atomic E-state index is 13.5. The maximum Gasteiger partial charge on any atom is 0.336 e. The van der Waals surface area contributed by atoms with Crippen LogP contribution in [0.1, 0.15) is 46.1 Å². The molecule has 0 bridgehead atoms. The Hall–Kier alpha value is -3.27. The van der Waals surface area contributed by atoms with E-state index in [-0.39, 0.29) is 17.9 Å². The molecule has 0 aliphatic carbocycles. The SMILES string of the molecule is COC(=O)C1=C(C)N2C(=O)CO[C@@]2(C)[C@@H](C(=O)OC(C)(C)C)[C@@H]1c1ccc([N+](=O)[O-])cc1. The summed E-state index contributed by atoms with van der Waals surface area (Å²) in [6, 6.07) is 5.54.